The third-order valence-corrected chi connectivity index (χ3v) is 8.71. The molecule has 0 aromatic carbocycles. The molecule has 1 aliphatic carbocycles. The smallest absolute Gasteiger partial charge is 0.309 e. The van der Waals surface area contributed by atoms with Gasteiger partial charge in [0.05, 0.1) is 34.7 Å². The number of aliphatic hydroxyl groups is 2. The summed E-state index contributed by atoms with van der Waals surface area (Å²) >= 11 is 1.41. The van der Waals surface area contributed by atoms with E-state index in [0.29, 0.717) is 25.0 Å². The van der Waals surface area contributed by atoms with E-state index in [9.17, 15) is 19.8 Å². The fourth-order valence-electron chi connectivity index (χ4n) is 5.39. The molecule has 0 saturated heterocycles. The van der Waals surface area contributed by atoms with Gasteiger partial charge in [0.25, 0.3) is 0 Å². The van der Waals surface area contributed by atoms with Gasteiger partial charge in [0.2, 0.25) is 0 Å². The van der Waals surface area contributed by atoms with Crippen LogP contribution in [0.3, 0.4) is 0 Å². The molecule has 2 aliphatic rings. The van der Waals surface area contributed by atoms with Crippen molar-refractivity contribution in [2.24, 2.45) is 17.3 Å². The molecule has 1 aromatic heterocycles. The number of Topliss-reactive ketones (excluding diaryl/α,β-unsaturated/α-hetero) is 1. The highest BCUT2D eigenvalue weighted by Crippen LogP contribution is 2.48. The van der Waals surface area contributed by atoms with E-state index in [1.807, 2.05) is 33.8 Å². The van der Waals surface area contributed by atoms with Gasteiger partial charge in [0.1, 0.15) is 11.6 Å². The number of carbonyl (C=O) groups is 2. The molecule has 1 aliphatic heterocycles. The van der Waals surface area contributed by atoms with Crippen LogP contribution in [0.2, 0.25) is 0 Å². The summed E-state index contributed by atoms with van der Waals surface area (Å²) in [4.78, 5) is 30.7. The number of ketones is 1. The van der Waals surface area contributed by atoms with Crippen LogP contribution in [0.4, 0.5) is 4.39 Å². The highest BCUT2D eigenvalue weighted by Gasteiger charge is 2.53. The van der Waals surface area contributed by atoms with Crippen molar-refractivity contribution in [3.63, 3.8) is 0 Å². The molecule has 36 heavy (non-hydrogen) atoms. The molecule has 0 bridgehead atoms. The molecule has 2 N–H and O–H groups in total. The van der Waals surface area contributed by atoms with Gasteiger partial charge >= 0.3 is 5.97 Å². The number of allylic oxidation sites excluding steroid dienone is 1. The lowest BCUT2D eigenvalue weighted by Gasteiger charge is -2.46. The number of esters is 1. The van der Waals surface area contributed by atoms with Crippen molar-refractivity contribution in [1.29, 1.82) is 0 Å². The van der Waals surface area contributed by atoms with Gasteiger partial charge in [-0.3, -0.25) is 9.59 Å². The van der Waals surface area contributed by atoms with Crippen molar-refractivity contribution >= 4 is 29.2 Å². The standard InChI is InChI=1S/C28H40FNO5S/c1-5-21-26(33)18(3)9-6-8-17(2)10-11-23(22(29)14-20-16-36-19(4)30-20)35-25(32)15-24(31)28(27(21)34)12-7-13-28/h10,14,16,18,21,23-24,26,31,33H,5-9,11-13,15H2,1-4H3/b17-10-,22-14-/t18-,21+,23-,24+,26-/m0/s1. The van der Waals surface area contributed by atoms with Crippen LogP contribution in [0.5, 0.6) is 0 Å². The molecular formula is C28H40FNO5S. The van der Waals surface area contributed by atoms with E-state index in [-0.39, 0.29) is 18.1 Å². The van der Waals surface area contributed by atoms with E-state index in [0.717, 1.165) is 36.3 Å². The summed E-state index contributed by atoms with van der Waals surface area (Å²) in [6.45, 7) is 7.62. The van der Waals surface area contributed by atoms with E-state index in [1.54, 1.807) is 5.38 Å². The number of nitrogens with zero attached hydrogens (tertiary/aromatic N) is 1. The topological polar surface area (TPSA) is 96.7 Å². The number of aromatic nitrogens is 1. The molecule has 1 aromatic rings. The molecule has 0 radical (unpaired) electrons. The second-order valence-corrected chi connectivity index (χ2v) is 11.6. The molecule has 1 spiro atoms. The molecule has 5 atom stereocenters. The molecule has 6 nitrogen and oxygen atoms in total. The van der Waals surface area contributed by atoms with Gasteiger partial charge < -0.3 is 14.9 Å². The lowest BCUT2D eigenvalue weighted by molar-refractivity contribution is -0.162. The Morgan fingerprint density at radius 1 is 1.28 bits per heavy atom. The summed E-state index contributed by atoms with van der Waals surface area (Å²) in [5.41, 5.74) is 0.450. The van der Waals surface area contributed by atoms with Gasteiger partial charge in [0, 0.05) is 23.8 Å². The minimum absolute atomic E-state index is 0.0754. The molecule has 1 fully saturated rings. The fourth-order valence-corrected chi connectivity index (χ4v) is 5.96. The summed E-state index contributed by atoms with van der Waals surface area (Å²) in [5.74, 6) is -2.19. The summed E-state index contributed by atoms with van der Waals surface area (Å²) in [6, 6.07) is 0. The van der Waals surface area contributed by atoms with Gasteiger partial charge in [-0.2, -0.15) is 0 Å². The Balaban J connectivity index is 1.89. The lowest BCUT2D eigenvalue weighted by atomic mass is 9.58. The lowest BCUT2D eigenvalue weighted by Crippen LogP contribution is -2.53. The van der Waals surface area contributed by atoms with Crippen LogP contribution in [-0.2, 0) is 14.3 Å². The summed E-state index contributed by atoms with van der Waals surface area (Å²) in [7, 11) is 0. The number of hydrogen-bond acceptors (Lipinski definition) is 7. The maximum Gasteiger partial charge on any atom is 0.309 e. The van der Waals surface area contributed by atoms with Gasteiger partial charge in [-0.15, -0.1) is 11.3 Å². The monoisotopic (exact) mass is 521 g/mol. The zero-order valence-corrected chi connectivity index (χ0v) is 22.7. The summed E-state index contributed by atoms with van der Waals surface area (Å²) in [6.07, 6.45) is 4.30. The zero-order valence-electron chi connectivity index (χ0n) is 21.8. The molecule has 2 heterocycles. The quantitative estimate of drug-likeness (QED) is 0.391. The Bertz CT molecular complexity index is 982. The van der Waals surface area contributed by atoms with Gasteiger partial charge in [-0.05, 0) is 58.3 Å². The summed E-state index contributed by atoms with van der Waals surface area (Å²) in [5, 5.41) is 24.6. The number of halogens is 1. The molecular weight excluding hydrogens is 481 g/mol. The third-order valence-electron chi connectivity index (χ3n) is 7.92. The Labute approximate surface area is 217 Å². The van der Waals surface area contributed by atoms with Gasteiger partial charge in [-0.1, -0.05) is 31.9 Å². The van der Waals surface area contributed by atoms with Gasteiger partial charge in [0.15, 0.2) is 6.10 Å². The molecule has 3 rings (SSSR count). The van der Waals surface area contributed by atoms with E-state index >= 15 is 4.39 Å². The first kappa shape index (κ1) is 28.7. The third kappa shape index (κ3) is 6.69. The second-order valence-electron chi connectivity index (χ2n) is 10.6. The largest absolute Gasteiger partial charge is 0.455 e. The zero-order chi connectivity index (χ0) is 26.5. The van der Waals surface area contributed by atoms with Crippen molar-refractivity contribution < 1.29 is 28.9 Å². The normalized spacial score (nSPS) is 32.5. The second kappa shape index (κ2) is 12.6. The predicted molar refractivity (Wildman–Crippen MR) is 139 cm³/mol. The molecule has 8 heteroatoms. The molecule has 200 valence electrons. The first-order valence-electron chi connectivity index (χ1n) is 13.1. The Hall–Kier alpha value is -1.90. The first-order chi connectivity index (χ1) is 17.1. The number of aliphatic hydroxyl groups excluding tert-OH is 2. The average molecular weight is 522 g/mol. The van der Waals surface area contributed by atoms with Crippen molar-refractivity contribution in [1.82, 2.24) is 4.98 Å². The summed E-state index contributed by atoms with van der Waals surface area (Å²) < 4.78 is 20.8. The van der Waals surface area contributed by atoms with Crippen LogP contribution in [0.25, 0.3) is 6.08 Å². The van der Waals surface area contributed by atoms with Crippen LogP contribution in [0, 0.1) is 24.2 Å². The minimum atomic E-state index is -1.23. The van der Waals surface area contributed by atoms with Crippen LogP contribution in [0.15, 0.2) is 22.9 Å². The van der Waals surface area contributed by atoms with Crippen LogP contribution < -0.4 is 0 Å². The average Bonchev–Trinajstić information content (AvgIpc) is 3.19. The molecule has 1 saturated carbocycles. The maximum absolute atomic E-state index is 15.2. The van der Waals surface area contributed by atoms with Crippen molar-refractivity contribution in [2.45, 2.75) is 104 Å². The number of rotatable bonds is 3. The Morgan fingerprint density at radius 2 is 2.00 bits per heavy atom. The predicted octanol–water partition coefficient (Wildman–Crippen LogP) is 5.71. The number of ether oxygens (including phenoxy) is 1. The van der Waals surface area contributed by atoms with Crippen LogP contribution >= 0.6 is 11.3 Å². The van der Waals surface area contributed by atoms with Crippen LogP contribution in [0.1, 0.15) is 89.3 Å². The maximum atomic E-state index is 15.2. The van der Waals surface area contributed by atoms with E-state index in [2.05, 4.69) is 4.98 Å². The van der Waals surface area contributed by atoms with E-state index in [1.165, 1.54) is 17.4 Å². The fraction of sp³-hybridized carbons (Fsp3) is 0.679. The molecule has 0 amide bonds. The Morgan fingerprint density at radius 3 is 2.58 bits per heavy atom. The number of cyclic esters (lactones) is 1. The number of carbonyl (C=O) groups excluding carboxylic acids is 2. The minimum Gasteiger partial charge on any atom is -0.455 e. The van der Waals surface area contributed by atoms with Crippen molar-refractivity contribution in [2.75, 3.05) is 0 Å². The highest BCUT2D eigenvalue weighted by molar-refractivity contribution is 7.09. The van der Waals surface area contributed by atoms with E-state index < -0.39 is 47.9 Å². The first-order valence-corrected chi connectivity index (χ1v) is 14.0. The number of aryl methyl sites for hydroxylation is 1. The number of thiazole rings is 1. The SMILES string of the molecule is CC[C@H]1C(=O)C2(CCC2)[C@H](O)CC(=O)O[C@H](/C(F)=C/c2csc(C)n2)C/C=C(/C)CCC[C@H](C)[C@@H]1O. The van der Waals surface area contributed by atoms with E-state index in [4.69, 9.17) is 4.74 Å². The van der Waals surface area contributed by atoms with Crippen LogP contribution in [-0.4, -0.2) is 45.3 Å². The van der Waals surface area contributed by atoms with Gasteiger partial charge in [-0.25, -0.2) is 9.37 Å². The van der Waals surface area contributed by atoms with Crippen molar-refractivity contribution in [3.8, 4) is 0 Å². The highest BCUT2D eigenvalue weighted by atomic mass is 32.1. The molecule has 0 unspecified atom stereocenters. The van der Waals surface area contributed by atoms with Crippen molar-refractivity contribution in [3.05, 3.63) is 33.6 Å². The Kier molecular flexibility index (Phi) is 10.0. The number of hydrogen-bond donors (Lipinski definition) is 2.